The van der Waals surface area contributed by atoms with Gasteiger partial charge in [-0.3, -0.25) is 19.3 Å². The third kappa shape index (κ3) is 5.27. The summed E-state index contributed by atoms with van der Waals surface area (Å²) in [5, 5.41) is 14.9. The fourth-order valence-corrected chi connectivity index (χ4v) is 5.06. The van der Waals surface area contributed by atoms with E-state index in [1.165, 1.54) is 0 Å². The maximum absolute atomic E-state index is 13.4. The minimum atomic E-state index is -0.628. The molecule has 0 radical (unpaired) electrons. The van der Waals surface area contributed by atoms with Crippen molar-refractivity contribution >= 4 is 17.7 Å². The van der Waals surface area contributed by atoms with E-state index in [9.17, 15) is 14.4 Å². The number of unbranched alkanes of at least 4 members (excludes halogenated alkanes) is 1. The lowest BCUT2D eigenvalue weighted by atomic mass is 9.70. The maximum atomic E-state index is 13.4. The fourth-order valence-electron chi connectivity index (χ4n) is 5.06. The topological polar surface area (TPSA) is 111 Å². The Morgan fingerprint density at radius 1 is 1.16 bits per heavy atom. The van der Waals surface area contributed by atoms with Crippen LogP contribution in [0.4, 0.5) is 0 Å². The molecule has 1 aliphatic carbocycles. The summed E-state index contributed by atoms with van der Waals surface area (Å²) in [5.74, 6) is -1.91. The predicted octanol–water partition coefficient (Wildman–Crippen LogP) is -0.781. The lowest BCUT2D eigenvalue weighted by Crippen LogP contribution is -2.49. The van der Waals surface area contributed by atoms with Crippen molar-refractivity contribution in [1.82, 2.24) is 20.4 Å². The van der Waals surface area contributed by atoms with E-state index < -0.39 is 17.9 Å². The standard InChI is InChI=1S/C22H36N4O5/c1-15-5-6-16-18(17(15)20(28)23-2)22(30)26(8-3-4-12-27)19(16)21(29)24-7-9-25-10-13-31-14-11-25/h5-6,15-19,27H,3-4,7-14H2,1-2H3,(H,23,28)(H,24,29)/t15-,16+,17-,18+,19+/m1/s1. The average Bonchev–Trinajstić information content (AvgIpc) is 3.06. The number of carbonyl (C=O) groups is 3. The lowest BCUT2D eigenvalue weighted by Gasteiger charge is -2.32. The number of rotatable bonds is 9. The number of aliphatic hydroxyl groups excluding tert-OH is 1. The summed E-state index contributed by atoms with van der Waals surface area (Å²) in [5.41, 5.74) is 0. The number of carbonyl (C=O) groups excluding carboxylic acids is 3. The summed E-state index contributed by atoms with van der Waals surface area (Å²) in [7, 11) is 1.58. The number of allylic oxidation sites excluding steroid dienone is 1. The molecule has 0 saturated carbocycles. The first-order valence-electron chi connectivity index (χ1n) is 11.4. The van der Waals surface area contributed by atoms with E-state index in [0.29, 0.717) is 39.1 Å². The van der Waals surface area contributed by atoms with Crippen molar-refractivity contribution in [1.29, 1.82) is 0 Å². The predicted molar refractivity (Wildman–Crippen MR) is 115 cm³/mol. The number of hydrogen-bond acceptors (Lipinski definition) is 6. The number of nitrogens with one attached hydrogen (secondary N) is 2. The highest BCUT2D eigenvalue weighted by Gasteiger charge is 2.56. The van der Waals surface area contributed by atoms with Gasteiger partial charge in [0.2, 0.25) is 17.7 Å². The summed E-state index contributed by atoms with van der Waals surface area (Å²) in [6.07, 6.45) is 5.09. The van der Waals surface area contributed by atoms with Crippen LogP contribution in [-0.2, 0) is 19.1 Å². The lowest BCUT2D eigenvalue weighted by molar-refractivity contribution is -0.140. The van der Waals surface area contributed by atoms with E-state index in [4.69, 9.17) is 9.84 Å². The van der Waals surface area contributed by atoms with Gasteiger partial charge in [0.25, 0.3) is 0 Å². The van der Waals surface area contributed by atoms with Crippen LogP contribution in [0.3, 0.4) is 0 Å². The Balaban J connectivity index is 1.74. The van der Waals surface area contributed by atoms with Gasteiger partial charge in [-0.25, -0.2) is 0 Å². The van der Waals surface area contributed by atoms with Gasteiger partial charge in [0.15, 0.2) is 0 Å². The van der Waals surface area contributed by atoms with Gasteiger partial charge in [0, 0.05) is 52.3 Å². The first kappa shape index (κ1) is 23.7. The Bertz CT molecular complexity index is 679. The van der Waals surface area contributed by atoms with Crippen LogP contribution in [0.5, 0.6) is 0 Å². The number of likely N-dealkylation sites (tertiary alicyclic amines) is 1. The molecule has 174 valence electrons. The van der Waals surface area contributed by atoms with Crippen LogP contribution in [0.25, 0.3) is 0 Å². The second-order valence-corrected chi connectivity index (χ2v) is 8.64. The number of fused-ring (bicyclic) bond motifs is 1. The Hall–Kier alpha value is -1.97. The molecule has 0 bridgehead atoms. The molecule has 2 fully saturated rings. The van der Waals surface area contributed by atoms with E-state index in [1.54, 1.807) is 11.9 Å². The Morgan fingerprint density at radius 2 is 1.90 bits per heavy atom. The number of nitrogens with zero attached hydrogens (tertiary/aromatic N) is 2. The monoisotopic (exact) mass is 436 g/mol. The summed E-state index contributed by atoms with van der Waals surface area (Å²) >= 11 is 0. The average molecular weight is 437 g/mol. The van der Waals surface area contributed by atoms with Gasteiger partial charge in [0.05, 0.1) is 25.0 Å². The quantitative estimate of drug-likeness (QED) is 0.323. The van der Waals surface area contributed by atoms with Crippen molar-refractivity contribution in [2.45, 2.75) is 25.8 Å². The van der Waals surface area contributed by atoms with Crippen molar-refractivity contribution in [3.63, 3.8) is 0 Å². The summed E-state index contributed by atoms with van der Waals surface area (Å²) in [6.45, 7) is 6.74. The van der Waals surface area contributed by atoms with Crippen LogP contribution in [0.15, 0.2) is 12.2 Å². The number of hydrogen-bond donors (Lipinski definition) is 3. The molecule has 2 saturated heterocycles. The van der Waals surface area contributed by atoms with Gasteiger partial charge in [-0.15, -0.1) is 0 Å². The molecule has 0 unspecified atom stereocenters. The minimum Gasteiger partial charge on any atom is -0.396 e. The number of morpholine rings is 1. The molecule has 2 heterocycles. The molecule has 31 heavy (non-hydrogen) atoms. The van der Waals surface area contributed by atoms with Gasteiger partial charge in [0.1, 0.15) is 6.04 Å². The number of amides is 3. The van der Waals surface area contributed by atoms with Gasteiger partial charge in [-0.1, -0.05) is 19.1 Å². The van der Waals surface area contributed by atoms with E-state index in [1.807, 2.05) is 19.1 Å². The highest BCUT2D eigenvalue weighted by Crippen LogP contribution is 2.43. The van der Waals surface area contributed by atoms with E-state index in [2.05, 4.69) is 15.5 Å². The Morgan fingerprint density at radius 3 is 2.58 bits per heavy atom. The molecule has 3 N–H and O–H groups in total. The maximum Gasteiger partial charge on any atom is 0.243 e. The van der Waals surface area contributed by atoms with Crippen molar-refractivity contribution < 1.29 is 24.2 Å². The van der Waals surface area contributed by atoms with Crippen LogP contribution >= 0.6 is 0 Å². The van der Waals surface area contributed by atoms with Crippen LogP contribution in [-0.4, -0.2) is 98.3 Å². The zero-order chi connectivity index (χ0) is 22.4. The normalized spacial score (nSPS) is 30.9. The highest BCUT2D eigenvalue weighted by atomic mass is 16.5. The van der Waals surface area contributed by atoms with Gasteiger partial charge < -0.3 is 25.4 Å². The Kier molecular flexibility index (Phi) is 8.45. The van der Waals surface area contributed by atoms with Crippen LogP contribution < -0.4 is 10.6 Å². The smallest absolute Gasteiger partial charge is 0.243 e. The second-order valence-electron chi connectivity index (χ2n) is 8.64. The SMILES string of the molecule is CNC(=O)[C@H]1[C@H]2C(=O)N(CCCCO)[C@H](C(=O)NCCN3CCOCC3)[C@H]2C=C[C@H]1C. The van der Waals surface area contributed by atoms with Crippen molar-refractivity contribution in [3.05, 3.63) is 12.2 Å². The molecule has 0 aromatic rings. The van der Waals surface area contributed by atoms with Crippen molar-refractivity contribution in [2.75, 3.05) is 59.6 Å². The second kappa shape index (κ2) is 11.1. The molecule has 3 amide bonds. The number of aliphatic hydroxyl groups is 1. The van der Waals surface area contributed by atoms with Gasteiger partial charge in [-0.05, 0) is 18.8 Å². The molecular formula is C22H36N4O5. The Labute approximate surface area is 184 Å². The molecule has 3 aliphatic rings. The number of ether oxygens (including phenoxy) is 1. The summed E-state index contributed by atoms with van der Waals surface area (Å²) < 4.78 is 5.36. The first-order valence-corrected chi connectivity index (χ1v) is 11.4. The molecule has 0 spiro atoms. The third-order valence-corrected chi connectivity index (χ3v) is 6.73. The van der Waals surface area contributed by atoms with Gasteiger partial charge >= 0.3 is 0 Å². The molecule has 0 aromatic carbocycles. The molecule has 3 rings (SSSR count). The zero-order valence-corrected chi connectivity index (χ0v) is 18.6. The molecule has 9 nitrogen and oxygen atoms in total. The molecule has 5 atom stereocenters. The first-order chi connectivity index (χ1) is 15.0. The van der Waals surface area contributed by atoms with Crippen molar-refractivity contribution in [2.24, 2.45) is 23.7 Å². The summed E-state index contributed by atoms with van der Waals surface area (Å²) in [4.78, 5) is 43.1. The van der Waals surface area contributed by atoms with E-state index in [-0.39, 0.29) is 36.2 Å². The largest absolute Gasteiger partial charge is 0.396 e. The minimum absolute atomic E-state index is 0.0447. The van der Waals surface area contributed by atoms with Crippen molar-refractivity contribution in [3.8, 4) is 0 Å². The van der Waals surface area contributed by atoms with E-state index >= 15 is 0 Å². The van der Waals surface area contributed by atoms with Crippen LogP contribution in [0.2, 0.25) is 0 Å². The van der Waals surface area contributed by atoms with E-state index in [0.717, 1.165) is 19.6 Å². The van der Waals surface area contributed by atoms with Crippen LogP contribution in [0.1, 0.15) is 19.8 Å². The fraction of sp³-hybridized carbons (Fsp3) is 0.773. The van der Waals surface area contributed by atoms with Gasteiger partial charge in [-0.2, -0.15) is 0 Å². The molecule has 0 aromatic heterocycles. The van der Waals surface area contributed by atoms with Crippen LogP contribution in [0, 0.1) is 23.7 Å². The highest BCUT2D eigenvalue weighted by molar-refractivity contribution is 5.96. The molecule has 9 heteroatoms. The summed E-state index contributed by atoms with van der Waals surface area (Å²) in [6, 6.07) is -0.628. The molecular weight excluding hydrogens is 400 g/mol. The zero-order valence-electron chi connectivity index (χ0n) is 18.6. The molecule has 2 aliphatic heterocycles. The third-order valence-electron chi connectivity index (χ3n) is 6.73.